The van der Waals surface area contributed by atoms with Crippen LogP contribution in [0.25, 0.3) is 11.1 Å². The lowest BCUT2D eigenvalue weighted by Crippen LogP contribution is -2.32. The summed E-state index contributed by atoms with van der Waals surface area (Å²) in [5, 5.41) is 0. The van der Waals surface area contributed by atoms with Gasteiger partial charge in [0.2, 0.25) is 0 Å². The minimum absolute atomic E-state index is 0.135. The molecule has 4 aromatic rings. The van der Waals surface area contributed by atoms with E-state index in [2.05, 4.69) is 31.2 Å². The van der Waals surface area contributed by atoms with E-state index in [0.717, 1.165) is 28.0 Å². The Morgan fingerprint density at radius 3 is 1.52 bits per heavy atom. The number of methoxy groups -OCH3 is 3. The molecule has 11 heteroatoms. The van der Waals surface area contributed by atoms with Crippen molar-refractivity contribution in [2.24, 2.45) is 9.98 Å². The van der Waals surface area contributed by atoms with Crippen molar-refractivity contribution >= 4 is 46.8 Å². The molecule has 0 spiro atoms. The van der Waals surface area contributed by atoms with Gasteiger partial charge >= 0.3 is 0 Å². The second-order valence-corrected chi connectivity index (χ2v) is 13.5. The second kappa shape index (κ2) is 14.6. The van der Waals surface area contributed by atoms with E-state index >= 15 is 0 Å². The molecule has 0 aliphatic carbocycles. The zero-order valence-electron chi connectivity index (χ0n) is 30.6. The van der Waals surface area contributed by atoms with Gasteiger partial charge in [0.25, 0.3) is 11.8 Å². The van der Waals surface area contributed by atoms with E-state index in [0.29, 0.717) is 78.0 Å². The number of amides is 2. The van der Waals surface area contributed by atoms with Crippen molar-refractivity contribution < 1.29 is 33.3 Å². The van der Waals surface area contributed by atoms with E-state index < -0.39 is 0 Å². The van der Waals surface area contributed by atoms with Gasteiger partial charge in [-0.15, -0.1) is 0 Å². The van der Waals surface area contributed by atoms with Gasteiger partial charge in [0.1, 0.15) is 5.75 Å². The monoisotopic (exact) mass is 724 g/mol. The third kappa shape index (κ3) is 6.57. The van der Waals surface area contributed by atoms with Crippen LogP contribution >= 0.6 is 0 Å². The van der Waals surface area contributed by atoms with Crippen LogP contribution in [-0.4, -0.2) is 80.7 Å². The van der Waals surface area contributed by atoms with Gasteiger partial charge in [-0.1, -0.05) is 42.0 Å². The SMILES string of the molecule is COc1ccc(C2=CN3C(=O)c4cc(OC)c(OCCCOc5cc6c(cc5OC)C(=O)N5C=C(c7ccc(C)cc7)C[C@@H]5C=N6)cc4N=C[C@H]3C2)cc1. The standard InChI is InChI=1S/C43H40N4O7/c1-26-6-8-27(9-7-26)29-16-31-22-44-36-20-40(38(51-3)18-34(36)42(48)46(31)24-29)53-14-5-15-54-41-21-37-35(19-39(41)52-4)43(49)47-25-30(17-32(47)23-45-37)28-10-12-33(50-2)13-11-28/h6-13,18-25,31-32H,5,14-17H2,1-4H3/t31-,32-/m1/s1. The number of ether oxygens (including phenoxy) is 5. The molecule has 11 nitrogen and oxygen atoms in total. The lowest BCUT2D eigenvalue weighted by molar-refractivity contribution is 0.0809. The van der Waals surface area contributed by atoms with E-state index in [1.54, 1.807) is 55.4 Å². The predicted octanol–water partition coefficient (Wildman–Crippen LogP) is 7.81. The van der Waals surface area contributed by atoms with Crippen LogP contribution in [0, 0.1) is 6.92 Å². The lowest BCUT2D eigenvalue weighted by atomic mass is 10.0. The molecule has 2 amide bonds. The van der Waals surface area contributed by atoms with Gasteiger partial charge in [0, 0.05) is 56.2 Å². The van der Waals surface area contributed by atoms with Crippen molar-refractivity contribution in [3.63, 3.8) is 0 Å². The summed E-state index contributed by atoms with van der Waals surface area (Å²) < 4.78 is 28.8. The molecule has 4 aliphatic rings. The molecule has 8 rings (SSSR count). The molecule has 0 saturated carbocycles. The normalized spacial score (nSPS) is 18.1. The Hall–Kier alpha value is -6.36. The number of carbonyl (C=O) groups is 2. The van der Waals surface area contributed by atoms with E-state index in [9.17, 15) is 9.59 Å². The minimum atomic E-state index is -0.200. The Kier molecular flexibility index (Phi) is 9.37. The Bertz CT molecular complexity index is 2240. The van der Waals surface area contributed by atoms with Gasteiger partial charge in [-0.3, -0.25) is 19.6 Å². The number of nitrogens with zero attached hydrogens (tertiary/aromatic N) is 4. The fourth-order valence-corrected chi connectivity index (χ4v) is 7.14. The number of aryl methyl sites for hydroxylation is 1. The molecular weight excluding hydrogens is 684 g/mol. The quantitative estimate of drug-likeness (QED) is 0.145. The van der Waals surface area contributed by atoms with Crippen molar-refractivity contribution in [1.29, 1.82) is 0 Å². The topological polar surface area (TPSA) is 111 Å². The van der Waals surface area contributed by atoms with Gasteiger partial charge in [-0.2, -0.15) is 0 Å². The van der Waals surface area contributed by atoms with Crippen LogP contribution in [0.1, 0.15) is 56.7 Å². The fraction of sp³-hybridized carbons (Fsp3) is 0.256. The van der Waals surface area contributed by atoms with Crippen LogP contribution < -0.4 is 23.7 Å². The smallest absolute Gasteiger partial charge is 0.260 e. The largest absolute Gasteiger partial charge is 0.497 e. The summed E-state index contributed by atoms with van der Waals surface area (Å²) in [6, 6.07) is 22.6. The van der Waals surface area contributed by atoms with Gasteiger partial charge in [0.05, 0.1) is 69.1 Å². The number of hydrogen-bond donors (Lipinski definition) is 0. The van der Waals surface area contributed by atoms with Gasteiger partial charge in [-0.05, 0) is 53.5 Å². The van der Waals surface area contributed by atoms with Crippen LogP contribution in [0.3, 0.4) is 0 Å². The first kappa shape index (κ1) is 34.7. The maximum atomic E-state index is 13.7. The highest BCUT2D eigenvalue weighted by Gasteiger charge is 2.35. The maximum Gasteiger partial charge on any atom is 0.260 e. The first-order chi connectivity index (χ1) is 26.3. The van der Waals surface area contributed by atoms with Crippen molar-refractivity contribution in [3.05, 3.63) is 113 Å². The summed E-state index contributed by atoms with van der Waals surface area (Å²) in [5.41, 5.74) is 7.41. The second-order valence-electron chi connectivity index (χ2n) is 13.5. The molecule has 0 saturated heterocycles. The predicted molar refractivity (Wildman–Crippen MR) is 207 cm³/mol. The maximum absolute atomic E-state index is 13.7. The summed E-state index contributed by atoms with van der Waals surface area (Å²) in [5.74, 6) is 2.34. The molecular formula is C43H40N4O7. The van der Waals surface area contributed by atoms with Crippen molar-refractivity contribution in [2.45, 2.75) is 38.3 Å². The molecule has 0 radical (unpaired) electrons. The van der Waals surface area contributed by atoms with Gasteiger partial charge in [-0.25, -0.2) is 0 Å². The lowest BCUT2D eigenvalue weighted by Gasteiger charge is -2.19. The highest BCUT2D eigenvalue weighted by Crippen LogP contribution is 2.42. The summed E-state index contributed by atoms with van der Waals surface area (Å²) in [7, 11) is 4.73. The Labute approximate surface area is 313 Å². The van der Waals surface area contributed by atoms with E-state index in [4.69, 9.17) is 33.7 Å². The highest BCUT2D eigenvalue weighted by atomic mass is 16.5. The first-order valence-corrected chi connectivity index (χ1v) is 17.9. The number of aliphatic imine (C=N–C) groups is 2. The van der Waals surface area contributed by atoms with Crippen molar-refractivity contribution in [1.82, 2.24) is 9.80 Å². The number of benzene rings is 4. The summed E-state index contributed by atoms with van der Waals surface area (Å²) in [6.45, 7) is 2.68. The molecule has 274 valence electrons. The van der Waals surface area contributed by atoms with Crippen LogP contribution in [0.15, 0.2) is 95.2 Å². The molecule has 4 aromatic carbocycles. The summed E-state index contributed by atoms with van der Waals surface area (Å²) in [4.78, 5) is 40.4. The number of rotatable bonds is 11. The highest BCUT2D eigenvalue weighted by molar-refractivity contribution is 6.06. The van der Waals surface area contributed by atoms with E-state index in [-0.39, 0.29) is 23.9 Å². The van der Waals surface area contributed by atoms with Crippen molar-refractivity contribution in [2.75, 3.05) is 34.5 Å². The Morgan fingerprint density at radius 2 is 1.07 bits per heavy atom. The molecule has 0 unspecified atom stereocenters. The van der Waals surface area contributed by atoms with E-state index in [1.165, 1.54) is 5.56 Å². The third-order valence-electron chi connectivity index (χ3n) is 10.1. The number of hydrogen-bond acceptors (Lipinski definition) is 9. The van der Waals surface area contributed by atoms with Crippen LogP contribution in [0.5, 0.6) is 28.7 Å². The molecule has 0 fully saturated rings. The molecule has 54 heavy (non-hydrogen) atoms. The van der Waals surface area contributed by atoms with Crippen molar-refractivity contribution in [3.8, 4) is 28.7 Å². The molecule has 4 aliphatic heterocycles. The fourth-order valence-electron chi connectivity index (χ4n) is 7.14. The Balaban J connectivity index is 0.909. The molecule has 0 aromatic heterocycles. The van der Waals surface area contributed by atoms with E-state index in [1.807, 2.05) is 49.1 Å². The summed E-state index contributed by atoms with van der Waals surface area (Å²) in [6.07, 6.45) is 9.35. The number of fused-ring (bicyclic) bond motifs is 4. The van der Waals surface area contributed by atoms with Crippen LogP contribution in [-0.2, 0) is 0 Å². The molecule has 0 N–H and O–H groups in total. The zero-order chi connectivity index (χ0) is 37.3. The van der Waals surface area contributed by atoms with Crippen LogP contribution in [0.2, 0.25) is 0 Å². The van der Waals surface area contributed by atoms with Gasteiger partial charge in [0.15, 0.2) is 23.0 Å². The minimum Gasteiger partial charge on any atom is -0.497 e. The average Bonchev–Trinajstić information content (AvgIpc) is 3.78. The first-order valence-electron chi connectivity index (χ1n) is 17.9. The molecule has 4 heterocycles. The average molecular weight is 725 g/mol. The number of carbonyl (C=O) groups excluding carboxylic acids is 2. The molecule has 2 atom stereocenters. The van der Waals surface area contributed by atoms with Crippen LogP contribution in [0.4, 0.5) is 11.4 Å². The zero-order valence-corrected chi connectivity index (χ0v) is 30.6. The van der Waals surface area contributed by atoms with Gasteiger partial charge < -0.3 is 33.5 Å². The molecule has 0 bridgehead atoms. The Morgan fingerprint density at radius 1 is 0.611 bits per heavy atom. The third-order valence-corrected chi connectivity index (χ3v) is 10.1. The summed E-state index contributed by atoms with van der Waals surface area (Å²) >= 11 is 0.